The number of benzene rings is 9. The van der Waals surface area contributed by atoms with E-state index in [0.717, 1.165) is 124 Å². The predicted octanol–water partition coefficient (Wildman–Crippen LogP) is 18.6. The summed E-state index contributed by atoms with van der Waals surface area (Å²) in [4.78, 5) is 144. The number of fused-ring (bicyclic) bond motifs is 4. The highest BCUT2D eigenvalue weighted by Gasteiger charge is 2.39. The van der Waals surface area contributed by atoms with Crippen LogP contribution in [-0.4, -0.2) is 98.5 Å². The van der Waals surface area contributed by atoms with Crippen molar-refractivity contribution in [2.45, 2.75) is 163 Å². The second kappa shape index (κ2) is 52.3. The third kappa shape index (κ3) is 30.8. The molecule has 13 aromatic rings. The number of imide groups is 1. The van der Waals surface area contributed by atoms with Crippen LogP contribution in [0.3, 0.4) is 0 Å². The van der Waals surface area contributed by atoms with Gasteiger partial charge in [-0.25, -0.2) is 20.4 Å². The van der Waals surface area contributed by atoms with E-state index in [1.54, 1.807) is 42.5 Å². The standard InChI is InChI=1S/2C25H27N3O4.C25H25N3O3.C15H13N3O.C10H14O3.C7H8/c1-2-3-4-5-10-18(25(31)32)16-23(29)26-19-11-8-9-17(14-19)15-22-20-12-6-7-13-21(20)24(30)28-27-22;1-2-3-4-5-10-18(16-23(29)30)24(31)26-19-11-8-9-17(14-19)15-22-20-12-6-7-13-21(20)25(32)28-27-22;1-2-3-4-5-10-18-16-23(29)28(25(18)31)19-11-8-9-17(14-19)15-22-20-12-6-7-13-21(20)24(30)27-26-22;16-11-5-3-4-10(8-11)9-14-12-6-1-2-7-13(12)15(19)18-17-14;1-2-3-4-5-6-8-7-9(11)13-10(8)12;1-7-5-3-2-4-6-7/h4-9,11-14,18H,2-3,10,15-16H2,1H3,(H,26,29)(H,28,30)(H,31,32);4-9,11-14,18H,2-3,10,15-16H2,1H3,(H,26,31)(H,28,32)(H,29,30);4-9,11-14,18H,2-3,10,15-16H2,1H3,(H,27,30);1-8H,9,16H2,(H,18,19);4-5,8H,2-3,6-7H2,1H3;2-6H,1H3/b3*5-4+;;5-4+;. The summed E-state index contributed by atoms with van der Waals surface area (Å²) in [7, 11) is 0. The molecule has 6 heterocycles. The minimum absolute atomic E-state index is 0.0951. The van der Waals surface area contributed by atoms with E-state index in [1.807, 2.05) is 212 Å². The molecule has 2 aliphatic rings. The van der Waals surface area contributed by atoms with Gasteiger partial charge in [0.25, 0.3) is 22.2 Å². The summed E-state index contributed by atoms with van der Waals surface area (Å²) in [6.07, 6.45) is 27.8. The van der Waals surface area contributed by atoms with E-state index in [1.165, 1.54) is 10.5 Å². The number of carboxylic acid groups (broad SMARTS) is 2. The molecular formula is C107H114N12O15. The second-order valence-corrected chi connectivity index (χ2v) is 32.6. The summed E-state index contributed by atoms with van der Waals surface area (Å²) < 4.78 is 4.42. The molecule has 0 radical (unpaired) electrons. The lowest BCUT2D eigenvalue weighted by Crippen LogP contribution is -2.30. The molecule has 2 fully saturated rings. The number of carbonyl (C=O) groups is 8. The van der Waals surface area contributed by atoms with Gasteiger partial charge >= 0.3 is 23.9 Å². The van der Waals surface area contributed by atoms with Crippen molar-refractivity contribution in [3.63, 3.8) is 0 Å². The van der Waals surface area contributed by atoms with Crippen LogP contribution in [0, 0.1) is 30.6 Å². The molecule has 0 bridgehead atoms. The third-order valence-corrected chi connectivity index (χ3v) is 22.0. The molecule has 4 aromatic heterocycles. The van der Waals surface area contributed by atoms with Crippen molar-refractivity contribution >= 4 is 113 Å². The highest BCUT2D eigenvalue weighted by atomic mass is 16.6. The first-order chi connectivity index (χ1) is 64.9. The monoisotopic (exact) mass is 1810 g/mol. The third-order valence-electron chi connectivity index (χ3n) is 22.0. The Morgan fingerprint density at radius 3 is 1.20 bits per heavy atom. The molecule has 134 heavy (non-hydrogen) atoms. The second-order valence-electron chi connectivity index (χ2n) is 32.6. The van der Waals surface area contributed by atoms with Gasteiger partial charge in [0, 0.05) is 77.1 Å². The van der Waals surface area contributed by atoms with Crippen LogP contribution >= 0.6 is 0 Å². The number of aromatic amines is 4. The number of ether oxygens (including phenoxy) is 1. The first-order valence-electron chi connectivity index (χ1n) is 45.1. The van der Waals surface area contributed by atoms with Crippen LogP contribution in [-0.2, 0) is 68.8 Å². The number of unbranched alkanes of at least 4 members (excludes halogenated alkanes) is 4. The van der Waals surface area contributed by atoms with Gasteiger partial charge in [-0.1, -0.05) is 259 Å². The molecule has 0 aliphatic carbocycles. The molecule has 15 rings (SSSR count). The smallest absolute Gasteiger partial charge is 0.317 e. The maximum Gasteiger partial charge on any atom is 0.317 e. The van der Waals surface area contributed by atoms with Crippen molar-refractivity contribution in [1.82, 2.24) is 40.8 Å². The first kappa shape index (κ1) is 101. The maximum absolute atomic E-state index is 12.9. The van der Waals surface area contributed by atoms with Crippen LogP contribution < -0.4 is 43.5 Å². The minimum Gasteiger partial charge on any atom is -0.481 e. The van der Waals surface area contributed by atoms with Gasteiger partial charge < -0.3 is 31.3 Å². The molecule has 27 nitrogen and oxygen atoms in total. The number of carbonyl (C=O) groups excluding carboxylic acids is 6. The normalized spacial score (nSPS) is 13.8. The van der Waals surface area contributed by atoms with Crippen LogP contribution in [0.5, 0.6) is 0 Å². The van der Waals surface area contributed by atoms with Crippen LogP contribution in [0.2, 0.25) is 0 Å². The highest BCUT2D eigenvalue weighted by molar-refractivity contribution is 6.21. The molecular weight excluding hydrogens is 1690 g/mol. The lowest BCUT2D eigenvalue weighted by molar-refractivity contribution is -0.153. The number of aryl methyl sites for hydroxylation is 1. The number of hydrogen-bond donors (Lipinski definition) is 9. The summed E-state index contributed by atoms with van der Waals surface area (Å²) in [5, 5.41) is 56.8. The lowest BCUT2D eigenvalue weighted by Gasteiger charge is -2.16. The number of cyclic esters (lactones) is 2. The molecule has 2 aliphatic heterocycles. The molecule has 4 atom stereocenters. The van der Waals surface area contributed by atoms with Gasteiger partial charge in [0.05, 0.1) is 86.5 Å². The average molecular weight is 1810 g/mol. The molecule has 10 N–H and O–H groups in total. The zero-order valence-electron chi connectivity index (χ0n) is 75.9. The number of aliphatic carboxylic acids is 2. The van der Waals surface area contributed by atoms with Crippen LogP contribution in [0.15, 0.2) is 292 Å². The quantitative estimate of drug-likeness (QED) is 0.00606. The number of nitrogens with one attached hydrogen (secondary N) is 6. The number of allylic oxidation sites excluding steroid dienone is 8. The van der Waals surface area contributed by atoms with E-state index in [0.29, 0.717) is 90.0 Å². The number of hydrogen-bond acceptors (Lipinski definition) is 18. The zero-order chi connectivity index (χ0) is 95.7. The number of anilines is 4. The summed E-state index contributed by atoms with van der Waals surface area (Å²) in [6.45, 7) is 10.4. The summed E-state index contributed by atoms with van der Waals surface area (Å²) in [6, 6.07) is 69.4. The van der Waals surface area contributed by atoms with Gasteiger partial charge in [-0.05, 0) is 153 Å². The van der Waals surface area contributed by atoms with Gasteiger partial charge in [-0.2, -0.15) is 20.4 Å². The number of amides is 4. The number of aromatic nitrogens is 8. The fraction of sp³-hybridized carbons (Fsp3) is 0.271. The molecule has 27 heteroatoms. The van der Waals surface area contributed by atoms with Crippen molar-refractivity contribution in [2.24, 2.45) is 23.7 Å². The zero-order valence-corrected chi connectivity index (χ0v) is 75.9. The Balaban J connectivity index is 0.000000174. The fourth-order valence-electron chi connectivity index (χ4n) is 15.0. The predicted molar refractivity (Wildman–Crippen MR) is 525 cm³/mol. The van der Waals surface area contributed by atoms with E-state index < -0.39 is 23.8 Å². The Labute approximate surface area is 776 Å². The van der Waals surface area contributed by atoms with Crippen LogP contribution in [0.25, 0.3) is 43.1 Å². The van der Waals surface area contributed by atoms with Crippen molar-refractivity contribution in [2.75, 3.05) is 21.3 Å². The van der Waals surface area contributed by atoms with Gasteiger partial charge in [0.2, 0.25) is 23.6 Å². The number of H-pyrrole nitrogens is 4. The highest BCUT2D eigenvalue weighted by Crippen LogP contribution is 2.32. The topological polar surface area (TPSA) is 423 Å². The fourth-order valence-corrected chi connectivity index (χ4v) is 15.0. The van der Waals surface area contributed by atoms with E-state index in [9.17, 15) is 67.7 Å². The minimum atomic E-state index is -1.00. The largest absolute Gasteiger partial charge is 0.481 e. The van der Waals surface area contributed by atoms with Crippen molar-refractivity contribution in [3.05, 3.63) is 365 Å². The number of carboxylic acids is 2. The molecule has 4 amide bonds. The van der Waals surface area contributed by atoms with E-state index in [2.05, 4.69) is 109 Å². The van der Waals surface area contributed by atoms with Crippen LogP contribution in [0.1, 0.15) is 181 Å². The molecule has 2 saturated heterocycles. The number of nitrogen functional groups attached to an aromatic ring is 1. The van der Waals surface area contributed by atoms with E-state index >= 15 is 0 Å². The molecule has 692 valence electrons. The van der Waals surface area contributed by atoms with Gasteiger partial charge in [0.1, 0.15) is 0 Å². The number of rotatable bonds is 33. The van der Waals surface area contributed by atoms with Crippen LogP contribution in [0.4, 0.5) is 22.7 Å². The first-order valence-corrected chi connectivity index (χ1v) is 45.1. The SMILES string of the molecule is CCC/C=C/CC(CC(=O)Nc1cccc(Cc2n[nH]c(=O)c3ccccc23)c1)C(=O)O.CCC/C=C/CC(CC(=O)O)C(=O)Nc1cccc(Cc2n[nH]c(=O)c3ccccc23)c1.CCC/C=C/CC1CC(=O)N(c2cccc(Cc3n[nH]c(=O)c4ccccc34)c2)C1=O.CCC/C=C/CC1CC(=O)OC1=O.Cc1ccccc1.Nc1cccc(Cc2n[nH]c(=O)c3ccccc23)c1. The van der Waals surface area contributed by atoms with Crippen molar-refractivity contribution in [3.8, 4) is 0 Å². The molecule has 9 aromatic carbocycles. The Kier molecular flexibility index (Phi) is 39.3. The Morgan fingerprint density at radius 1 is 0.425 bits per heavy atom. The Hall–Kier alpha value is -15.5. The van der Waals surface area contributed by atoms with Gasteiger partial charge in [0.15, 0.2) is 0 Å². The Morgan fingerprint density at radius 2 is 0.806 bits per heavy atom. The average Bonchev–Trinajstić information content (AvgIpc) is 1.58. The maximum atomic E-state index is 12.9. The molecule has 0 spiro atoms. The van der Waals surface area contributed by atoms with Crippen molar-refractivity contribution in [1.29, 1.82) is 0 Å². The summed E-state index contributed by atoms with van der Waals surface area (Å²) in [5.74, 6) is -5.65. The Bertz CT molecular complexity index is 6610. The van der Waals surface area contributed by atoms with E-state index in [-0.39, 0.29) is 95.3 Å². The summed E-state index contributed by atoms with van der Waals surface area (Å²) in [5.41, 5.74) is 15.6. The summed E-state index contributed by atoms with van der Waals surface area (Å²) >= 11 is 0. The van der Waals surface area contributed by atoms with Gasteiger partial charge in [-0.3, -0.25) is 62.4 Å². The molecule has 0 saturated carbocycles. The number of nitrogens with zero attached hydrogens (tertiary/aromatic N) is 5. The molecule has 4 unspecified atom stereocenters. The van der Waals surface area contributed by atoms with E-state index in [4.69, 9.17) is 5.73 Å². The number of esters is 2. The lowest BCUT2D eigenvalue weighted by atomic mass is 9.99. The number of nitrogens with two attached hydrogens (primary N) is 1. The van der Waals surface area contributed by atoms with Crippen molar-refractivity contribution < 1.29 is 53.3 Å². The van der Waals surface area contributed by atoms with Gasteiger partial charge in [-0.15, -0.1) is 0 Å².